The van der Waals surface area contributed by atoms with E-state index in [0.29, 0.717) is 22.3 Å². The Bertz CT molecular complexity index is 1670. The van der Waals surface area contributed by atoms with Crippen LogP contribution in [0.1, 0.15) is 44.9 Å². The van der Waals surface area contributed by atoms with Gasteiger partial charge in [-0.2, -0.15) is 10.2 Å². The van der Waals surface area contributed by atoms with E-state index >= 15 is 0 Å². The molecule has 1 spiro atoms. The molecule has 3 heterocycles. The number of nitrogens with zero attached hydrogens (tertiary/aromatic N) is 4. The van der Waals surface area contributed by atoms with Crippen LogP contribution in [-0.2, 0) is 28.5 Å². The number of ether oxygens (including phenoxy) is 1. The number of carbonyl (C=O) groups excluding carboxylic acids is 2. The van der Waals surface area contributed by atoms with Crippen LogP contribution in [0.5, 0.6) is 0 Å². The van der Waals surface area contributed by atoms with E-state index in [2.05, 4.69) is 20.6 Å². The summed E-state index contributed by atoms with van der Waals surface area (Å²) in [5, 5.41) is 14.9. The lowest BCUT2D eigenvalue weighted by Gasteiger charge is -2.20. The SMILES string of the molecule is Cn1ncc(-c2ccc3c(=O)[nH]nc(CNC(=O)OC(C)(C)C)c3c2)c1N1C(=O)C2(CC2)c2ccccc21. The number of anilines is 2. The molecule has 10 nitrogen and oxygen atoms in total. The molecule has 2 aliphatic rings. The number of aromatic nitrogens is 4. The first-order valence-electron chi connectivity index (χ1n) is 12.5. The Balaban J connectivity index is 1.42. The zero-order chi connectivity index (χ0) is 26.8. The maximum absolute atomic E-state index is 13.7. The number of nitrogens with one attached hydrogen (secondary N) is 2. The van der Waals surface area contributed by atoms with Crippen LogP contribution >= 0.6 is 0 Å². The molecule has 0 saturated heterocycles. The van der Waals surface area contributed by atoms with Crippen LogP contribution in [0, 0.1) is 0 Å². The van der Waals surface area contributed by atoms with Crippen molar-refractivity contribution in [2.75, 3.05) is 4.90 Å². The normalized spacial score (nSPS) is 15.7. The van der Waals surface area contributed by atoms with Crippen molar-refractivity contribution in [2.24, 2.45) is 7.05 Å². The molecule has 4 aromatic rings. The molecule has 10 heteroatoms. The van der Waals surface area contributed by atoms with Crippen LogP contribution in [0.25, 0.3) is 21.9 Å². The second kappa shape index (κ2) is 8.27. The average Bonchev–Trinajstić information content (AvgIpc) is 3.54. The first-order valence-corrected chi connectivity index (χ1v) is 12.5. The molecule has 2 N–H and O–H groups in total. The van der Waals surface area contributed by atoms with Gasteiger partial charge >= 0.3 is 6.09 Å². The van der Waals surface area contributed by atoms with Crippen molar-refractivity contribution in [1.82, 2.24) is 25.3 Å². The zero-order valence-corrected chi connectivity index (χ0v) is 21.7. The van der Waals surface area contributed by atoms with Crippen LogP contribution in [0.3, 0.4) is 0 Å². The van der Waals surface area contributed by atoms with Crippen molar-refractivity contribution in [3.63, 3.8) is 0 Å². The highest BCUT2D eigenvalue weighted by atomic mass is 16.6. The molecule has 194 valence electrons. The van der Waals surface area contributed by atoms with Crippen molar-refractivity contribution in [2.45, 2.75) is 51.2 Å². The van der Waals surface area contributed by atoms with Gasteiger partial charge in [0.15, 0.2) is 0 Å². The van der Waals surface area contributed by atoms with E-state index in [-0.39, 0.29) is 18.0 Å². The highest BCUT2D eigenvalue weighted by Crippen LogP contribution is 2.59. The molecular weight excluding hydrogens is 484 g/mol. The van der Waals surface area contributed by atoms with E-state index in [1.165, 1.54) is 0 Å². The van der Waals surface area contributed by atoms with Gasteiger partial charge in [0.2, 0.25) is 5.91 Å². The fourth-order valence-electron chi connectivity index (χ4n) is 5.22. The molecule has 0 bridgehead atoms. The summed E-state index contributed by atoms with van der Waals surface area (Å²) in [6.45, 7) is 5.41. The second-order valence-electron chi connectivity index (χ2n) is 10.9. The molecule has 1 aliphatic heterocycles. The van der Waals surface area contributed by atoms with Gasteiger partial charge in [0.1, 0.15) is 11.4 Å². The van der Waals surface area contributed by atoms with Crippen LogP contribution in [0.4, 0.5) is 16.3 Å². The molecule has 2 aromatic carbocycles. The standard InChI is InChI=1S/C28H28N6O4/c1-27(2,3)38-26(37)29-15-21-18-13-16(9-10-17(18)23(35)32-31-21)19-14-30-33(4)24(19)34-22-8-6-5-7-20(22)28(11-12-28)25(34)36/h5-10,13-14H,11-12,15H2,1-4H3,(H,29,37)(H,32,35). The van der Waals surface area contributed by atoms with Gasteiger partial charge in [-0.1, -0.05) is 24.3 Å². The highest BCUT2D eigenvalue weighted by molar-refractivity contribution is 6.15. The fourth-order valence-corrected chi connectivity index (χ4v) is 5.22. The number of fused-ring (bicyclic) bond motifs is 3. The minimum atomic E-state index is -0.640. The van der Waals surface area contributed by atoms with Crippen LogP contribution in [0.2, 0.25) is 0 Å². The molecule has 0 unspecified atom stereocenters. The first kappa shape index (κ1) is 23.9. The summed E-state index contributed by atoms with van der Waals surface area (Å²) in [6.07, 6.45) is 2.82. The molecule has 0 radical (unpaired) electrons. The Morgan fingerprint density at radius 1 is 1.13 bits per heavy atom. The van der Waals surface area contributed by atoms with Crippen molar-refractivity contribution in [1.29, 1.82) is 0 Å². The van der Waals surface area contributed by atoms with E-state index in [9.17, 15) is 14.4 Å². The third-order valence-corrected chi connectivity index (χ3v) is 7.12. The quantitative estimate of drug-likeness (QED) is 0.425. The summed E-state index contributed by atoms with van der Waals surface area (Å²) >= 11 is 0. The largest absolute Gasteiger partial charge is 0.444 e. The second-order valence-corrected chi connectivity index (χ2v) is 10.9. The Labute approximate surface area is 218 Å². The Hall–Kier alpha value is -4.47. The summed E-state index contributed by atoms with van der Waals surface area (Å²) in [6, 6.07) is 13.3. The van der Waals surface area contributed by atoms with Crippen molar-refractivity contribution in [3.05, 3.63) is 70.3 Å². The van der Waals surface area contributed by atoms with Crippen molar-refractivity contribution >= 4 is 34.3 Å². The number of aryl methyl sites for hydroxylation is 1. The number of aromatic amines is 1. The maximum Gasteiger partial charge on any atom is 0.407 e. The number of para-hydroxylation sites is 1. The lowest BCUT2D eigenvalue weighted by Crippen LogP contribution is -2.32. The van der Waals surface area contributed by atoms with E-state index in [4.69, 9.17) is 4.74 Å². The van der Waals surface area contributed by atoms with Gasteiger partial charge in [0.05, 0.1) is 34.9 Å². The monoisotopic (exact) mass is 512 g/mol. The summed E-state index contributed by atoms with van der Waals surface area (Å²) in [4.78, 5) is 40.3. The predicted molar refractivity (Wildman–Crippen MR) is 142 cm³/mol. The fraction of sp³-hybridized carbons (Fsp3) is 0.321. The smallest absolute Gasteiger partial charge is 0.407 e. The van der Waals surface area contributed by atoms with Gasteiger partial charge in [-0.15, -0.1) is 0 Å². The number of amides is 2. The Morgan fingerprint density at radius 3 is 2.63 bits per heavy atom. The number of hydrogen-bond acceptors (Lipinski definition) is 6. The summed E-state index contributed by atoms with van der Waals surface area (Å²) in [7, 11) is 1.82. The van der Waals surface area contributed by atoms with E-state index < -0.39 is 17.1 Å². The zero-order valence-electron chi connectivity index (χ0n) is 21.7. The minimum absolute atomic E-state index is 0.0599. The van der Waals surface area contributed by atoms with Crippen LogP contribution in [0.15, 0.2) is 53.5 Å². The lowest BCUT2D eigenvalue weighted by molar-refractivity contribution is -0.119. The minimum Gasteiger partial charge on any atom is -0.444 e. The predicted octanol–water partition coefficient (Wildman–Crippen LogP) is 4.06. The van der Waals surface area contributed by atoms with Gasteiger partial charge in [-0.3, -0.25) is 19.2 Å². The van der Waals surface area contributed by atoms with Gasteiger partial charge in [0.25, 0.3) is 5.56 Å². The van der Waals surface area contributed by atoms with Crippen molar-refractivity contribution in [3.8, 4) is 11.1 Å². The van der Waals surface area contributed by atoms with E-state index in [1.807, 2.05) is 43.4 Å². The summed E-state index contributed by atoms with van der Waals surface area (Å²) in [5.41, 5.74) is 2.52. The maximum atomic E-state index is 13.7. The highest BCUT2D eigenvalue weighted by Gasteiger charge is 2.60. The number of hydrogen-bond donors (Lipinski definition) is 2. The number of rotatable bonds is 4. The van der Waals surface area contributed by atoms with Gasteiger partial charge in [0, 0.05) is 18.0 Å². The third-order valence-electron chi connectivity index (χ3n) is 7.12. The molecule has 2 amide bonds. The van der Waals surface area contributed by atoms with E-state index in [1.54, 1.807) is 42.6 Å². The van der Waals surface area contributed by atoms with Crippen LogP contribution in [-0.4, -0.2) is 37.6 Å². The van der Waals surface area contributed by atoms with Gasteiger partial charge in [-0.25, -0.2) is 9.89 Å². The lowest BCUT2D eigenvalue weighted by atomic mass is 9.98. The van der Waals surface area contributed by atoms with Crippen molar-refractivity contribution < 1.29 is 14.3 Å². The summed E-state index contributed by atoms with van der Waals surface area (Å²) < 4.78 is 7.03. The average molecular weight is 513 g/mol. The number of alkyl carbamates (subject to hydrolysis) is 1. The number of benzene rings is 2. The number of H-pyrrole nitrogens is 1. The Kier molecular flexibility index (Phi) is 5.20. The first-order chi connectivity index (χ1) is 18.1. The van der Waals surface area contributed by atoms with Crippen LogP contribution < -0.4 is 15.8 Å². The molecule has 1 fully saturated rings. The number of carbonyl (C=O) groups is 2. The molecule has 0 atom stereocenters. The van der Waals surface area contributed by atoms with Gasteiger partial charge in [-0.05, 0) is 62.9 Å². The Morgan fingerprint density at radius 2 is 1.89 bits per heavy atom. The third kappa shape index (κ3) is 3.75. The topological polar surface area (TPSA) is 122 Å². The molecule has 2 aromatic heterocycles. The van der Waals surface area contributed by atoms with E-state index in [0.717, 1.165) is 35.2 Å². The molecule has 1 aliphatic carbocycles. The molecule has 6 rings (SSSR count). The summed E-state index contributed by atoms with van der Waals surface area (Å²) in [5.74, 6) is 0.724. The van der Waals surface area contributed by atoms with Gasteiger partial charge < -0.3 is 10.1 Å². The molecule has 1 saturated carbocycles. The molecular formula is C28H28N6O4. The molecule has 38 heavy (non-hydrogen) atoms.